The highest BCUT2D eigenvalue weighted by Gasteiger charge is 2.08. The molecule has 1 N–H and O–H groups in total. The summed E-state index contributed by atoms with van der Waals surface area (Å²) in [6.07, 6.45) is 1.04. The molecule has 0 rings (SSSR count). The van der Waals surface area contributed by atoms with Gasteiger partial charge in [-0.1, -0.05) is 0 Å². The molecule has 0 radical (unpaired) electrons. The first-order chi connectivity index (χ1) is 4.98. The van der Waals surface area contributed by atoms with Gasteiger partial charge in [-0.2, -0.15) is 8.42 Å². The summed E-state index contributed by atoms with van der Waals surface area (Å²) in [6.45, 7) is -0.307. The van der Waals surface area contributed by atoms with Gasteiger partial charge in [-0.3, -0.25) is 8.98 Å². The summed E-state index contributed by atoms with van der Waals surface area (Å²) in [6, 6.07) is 0. The molecule has 0 atom stereocenters. The Bertz CT molecular complexity index is 219. The van der Waals surface area contributed by atoms with Gasteiger partial charge in [-0.25, -0.2) is 0 Å². The van der Waals surface area contributed by atoms with Gasteiger partial charge in [0.05, 0.1) is 13.0 Å². The first-order valence-electron chi connectivity index (χ1n) is 2.64. The largest absolute Gasteiger partial charge is 0.481 e. The van der Waals surface area contributed by atoms with Crippen LogP contribution in [0.25, 0.3) is 0 Å². The molecule has 0 aliphatic carbocycles. The molecule has 0 bridgehead atoms. The van der Waals surface area contributed by atoms with Crippen molar-refractivity contribution in [3.05, 3.63) is 0 Å². The minimum Gasteiger partial charge on any atom is -0.481 e. The molecule has 5 nitrogen and oxygen atoms in total. The summed E-state index contributed by atoms with van der Waals surface area (Å²) in [5.41, 5.74) is 0. The monoisotopic (exact) mass is 200 g/mol. The fraction of sp³-hybridized carbons (Fsp3) is 0.750. The number of rotatable bonds is 5. The summed E-state index contributed by atoms with van der Waals surface area (Å²) in [7, 11) is -3.03. The van der Waals surface area contributed by atoms with Gasteiger partial charge < -0.3 is 5.11 Å². The number of carboxylic acids is 1. The fourth-order valence-corrected chi connectivity index (χ4v) is 1.16. The predicted octanol–water partition coefficient (Wildman–Crippen LogP) is 0.0855. The Morgan fingerprint density at radius 1 is 1.64 bits per heavy atom. The minimum absolute atomic E-state index is 0.306. The zero-order chi connectivity index (χ0) is 8.91. The zero-order valence-corrected chi connectivity index (χ0v) is 7.44. The standard InChI is InChI=1S/C4H8O5S2/c1-10-11(7,8)9-3-2-4(5)6/h2-3H2,1H3,(H,5,6). The van der Waals surface area contributed by atoms with Crippen LogP contribution in [-0.2, 0) is 18.1 Å². The lowest BCUT2D eigenvalue weighted by Crippen LogP contribution is -2.06. The van der Waals surface area contributed by atoms with E-state index in [9.17, 15) is 13.2 Å². The Morgan fingerprint density at radius 2 is 2.18 bits per heavy atom. The molecule has 7 heteroatoms. The summed E-state index contributed by atoms with van der Waals surface area (Å²) in [5.74, 6) is -1.08. The van der Waals surface area contributed by atoms with Crippen molar-refractivity contribution in [3.8, 4) is 0 Å². The Labute approximate surface area is 68.3 Å². The lowest BCUT2D eigenvalue weighted by Gasteiger charge is -1.98. The highest BCUT2D eigenvalue weighted by molar-refractivity contribution is 8.70. The third-order valence-corrected chi connectivity index (χ3v) is 3.12. The van der Waals surface area contributed by atoms with E-state index in [2.05, 4.69) is 4.18 Å². The highest BCUT2D eigenvalue weighted by atomic mass is 33.1. The van der Waals surface area contributed by atoms with E-state index in [1.54, 1.807) is 0 Å². The highest BCUT2D eigenvalue weighted by Crippen LogP contribution is 2.09. The van der Waals surface area contributed by atoms with Crippen molar-refractivity contribution in [1.82, 2.24) is 0 Å². The molecule has 0 spiro atoms. The van der Waals surface area contributed by atoms with Crippen molar-refractivity contribution in [2.45, 2.75) is 6.42 Å². The van der Waals surface area contributed by atoms with Crippen LogP contribution in [0.3, 0.4) is 0 Å². The average Bonchev–Trinajstić information content (AvgIpc) is 1.87. The molecule has 0 saturated heterocycles. The van der Waals surface area contributed by atoms with Crippen LogP contribution in [0.4, 0.5) is 0 Å². The lowest BCUT2D eigenvalue weighted by molar-refractivity contribution is -0.137. The molecule has 66 valence electrons. The molecule has 0 fully saturated rings. The third-order valence-electron chi connectivity index (χ3n) is 0.748. The van der Waals surface area contributed by atoms with Gasteiger partial charge in [0.15, 0.2) is 0 Å². The van der Waals surface area contributed by atoms with Crippen molar-refractivity contribution >= 4 is 25.9 Å². The third kappa shape index (κ3) is 6.14. The van der Waals surface area contributed by atoms with Gasteiger partial charge in [0.25, 0.3) is 0 Å². The molecule has 0 aromatic carbocycles. The normalized spacial score (nSPS) is 11.4. The van der Waals surface area contributed by atoms with Crippen LogP contribution in [0.1, 0.15) is 6.42 Å². The molecule has 0 aliphatic heterocycles. The Hall–Kier alpha value is -0.270. The van der Waals surface area contributed by atoms with Gasteiger partial charge in [0.2, 0.25) is 0 Å². The molecule has 0 heterocycles. The van der Waals surface area contributed by atoms with Crippen molar-refractivity contribution in [2.24, 2.45) is 0 Å². The Kier molecular flexibility index (Phi) is 4.46. The molecule has 0 aromatic heterocycles. The van der Waals surface area contributed by atoms with E-state index in [4.69, 9.17) is 5.11 Å². The summed E-state index contributed by atoms with van der Waals surface area (Å²) in [4.78, 5) is 9.89. The summed E-state index contributed by atoms with van der Waals surface area (Å²) in [5, 5.41) is 8.10. The zero-order valence-electron chi connectivity index (χ0n) is 5.81. The topological polar surface area (TPSA) is 80.7 Å². The first kappa shape index (κ1) is 10.7. The number of carboxylic acid groups (broad SMARTS) is 1. The maximum atomic E-state index is 10.5. The van der Waals surface area contributed by atoms with Crippen molar-refractivity contribution in [1.29, 1.82) is 0 Å². The van der Waals surface area contributed by atoms with Crippen LogP contribution >= 0.6 is 10.8 Å². The van der Waals surface area contributed by atoms with E-state index in [0.29, 0.717) is 10.8 Å². The minimum atomic E-state index is -3.56. The van der Waals surface area contributed by atoms with Gasteiger partial charge in [0.1, 0.15) is 0 Å². The quantitative estimate of drug-likeness (QED) is 0.633. The van der Waals surface area contributed by atoms with E-state index < -0.39 is 15.1 Å². The molecule has 11 heavy (non-hydrogen) atoms. The first-order valence-corrected chi connectivity index (χ1v) is 5.79. The van der Waals surface area contributed by atoms with Crippen LogP contribution in [0, 0.1) is 0 Å². The Morgan fingerprint density at radius 3 is 2.55 bits per heavy atom. The van der Waals surface area contributed by atoms with E-state index in [0.717, 1.165) is 0 Å². The molecule has 0 aromatic rings. The molecule has 0 amide bonds. The van der Waals surface area contributed by atoms with E-state index in [-0.39, 0.29) is 13.0 Å². The van der Waals surface area contributed by atoms with Crippen LogP contribution in [0.5, 0.6) is 0 Å². The number of aliphatic carboxylic acids is 1. The number of hydrogen-bond acceptors (Lipinski definition) is 5. The molecular weight excluding hydrogens is 192 g/mol. The predicted molar refractivity (Wildman–Crippen MR) is 40.6 cm³/mol. The smallest absolute Gasteiger partial charge is 0.321 e. The number of hydrogen-bond donors (Lipinski definition) is 1. The number of carbonyl (C=O) groups is 1. The molecule has 0 aliphatic rings. The second-order valence-corrected chi connectivity index (χ2v) is 5.15. The van der Waals surface area contributed by atoms with Crippen molar-refractivity contribution in [2.75, 3.05) is 12.9 Å². The van der Waals surface area contributed by atoms with Gasteiger partial charge >= 0.3 is 15.1 Å². The Balaban J connectivity index is 3.63. The molecule has 0 saturated carbocycles. The summed E-state index contributed by atoms with van der Waals surface area (Å²) < 4.78 is 25.3. The van der Waals surface area contributed by atoms with E-state index in [1.165, 1.54) is 6.26 Å². The van der Waals surface area contributed by atoms with E-state index >= 15 is 0 Å². The summed E-state index contributed by atoms with van der Waals surface area (Å²) >= 11 is 0. The average molecular weight is 200 g/mol. The van der Waals surface area contributed by atoms with Gasteiger partial charge in [0, 0.05) is 0 Å². The van der Waals surface area contributed by atoms with Gasteiger partial charge in [-0.15, -0.1) is 0 Å². The van der Waals surface area contributed by atoms with Gasteiger partial charge in [-0.05, 0) is 17.0 Å². The van der Waals surface area contributed by atoms with Crippen molar-refractivity contribution in [3.63, 3.8) is 0 Å². The second kappa shape index (κ2) is 4.58. The van der Waals surface area contributed by atoms with Crippen LogP contribution < -0.4 is 0 Å². The fourth-order valence-electron chi connectivity index (χ4n) is 0.279. The van der Waals surface area contributed by atoms with Crippen LogP contribution in [0.2, 0.25) is 0 Å². The van der Waals surface area contributed by atoms with Crippen LogP contribution in [-0.4, -0.2) is 32.4 Å². The van der Waals surface area contributed by atoms with Crippen molar-refractivity contribution < 1.29 is 22.5 Å². The SMILES string of the molecule is CSS(=O)(=O)OCCC(=O)O. The van der Waals surface area contributed by atoms with Crippen LogP contribution in [0.15, 0.2) is 0 Å². The molecule has 0 unspecified atom stereocenters. The second-order valence-electron chi connectivity index (χ2n) is 1.54. The maximum absolute atomic E-state index is 10.5. The molecular formula is C4H8O5S2. The maximum Gasteiger partial charge on any atom is 0.321 e. The van der Waals surface area contributed by atoms with E-state index in [1.807, 2.05) is 0 Å². The lowest BCUT2D eigenvalue weighted by atomic mass is 10.5.